The largest absolute Gasteiger partial charge is 0.464 e. The van der Waals surface area contributed by atoms with Gasteiger partial charge in [0.1, 0.15) is 6.04 Å². The summed E-state index contributed by atoms with van der Waals surface area (Å²) in [6.07, 6.45) is 12.6. The van der Waals surface area contributed by atoms with Gasteiger partial charge in [-0.05, 0) is 17.8 Å². The summed E-state index contributed by atoms with van der Waals surface area (Å²) in [5, 5.41) is 2.69. The van der Waals surface area contributed by atoms with Crippen molar-refractivity contribution in [1.82, 2.24) is 5.32 Å². The Kier molecular flexibility index (Phi) is 15.8. The highest BCUT2D eigenvalue weighted by atomic mass is 16.6. The zero-order chi connectivity index (χ0) is 22.1. The average Bonchev–Trinajstić information content (AvgIpc) is 2.67. The second kappa shape index (κ2) is 16.5. The molecule has 0 rings (SSSR count). The quantitative estimate of drug-likeness (QED) is 0.228. The molecule has 0 saturated heterocycles. The molecule has 0 fully saturated rings. The summed E-state index contributed by atoms with van der Waals surface area (Å²) in [5.41, 5.74) is -0.112. The van der Waals surface area contributed by atoms with Crippen molar-refractivity contribution in [2.24, 2.45) is 11.3 Å². The van der Waals surface area contributed by atoms with Crippen LogP contribution >= 0.6 is 0 Å². The Morgan fingerprint density at radius 3 is 1.83 bits per heavy atom. The van der Waals surface area contributed by atoms with Crippen LogP contribution in [0, 0.1) is 11.3 Å². The molecule has 0 heterocycles. The number of carbonyl (C=O) groups excluding carboxylic acids is 2. The second-order valence-electron chi connectivity index (χ2n) is 9.49. The first-order valence-corrected chi connectivity index (χ1v) is 11.8. The first-order chi connectivity index (χ1) is 13.7. The van der Waals surface area contributed by atoms with Gasteiger partial charge in [-0.2, -0.15) is 0 Å². The van der Waals surface area contributed by atoms with Crippen LogP contribution in [0.25, 0.3) is 0 Å². The lowest BCUT2D eigenvalue weighted by atomic mass is 9.98. The van der Waals surface area contributed by atoms with Crippen LogP contribution in [0.2, 0.25) is 0 Å². The Labute approximate surface area is 179 Å². The molecule has 1 N–H and O–H groups in total. The minimum absolute atomic E-state index is 0.00241. The molecular formula is C24H47NO4. The predicted octanol–water partition coefficient (Wildman–Crippen LogP) is 6.64. The minimum Gasteiger partial charge on any atom is -0.464 e. The van der Waals surface area contributed by atoms with E-state index >= 15 is 0 Å². The molecule has 0 spiro atoms. The maximum absolute atomic E-state index is 12.4. The molecule has 5 nitrogen and oxygen atoms in total. The van der Waals surface area contributed by atoms with Crippen molar-refractivity contribution >= 4 is 12.1 Å². The van der Waals surface area contributed by atoms with Crippen LogP contribution in [-0.2, 0) is 14.3 Å². The monoisotopic (exact) mass is 413 g/mol. The Balaban J connectivity index is 4.03. The normalized spacial score (nSPS) is 13.6. The fourth-order valence-electron chi connectivity index (χ4n) is 2.97. The molecule has 2 unspecified atom stereocenters. The molecule has 0 saturated carbocycles. The van der Waals surface area contributed by atoms with Gasteiger partial charge in [0.2, 0.25) is 0 Å². The number of hydrogen-bond acceptors (Lipinski definition) is 4. The van der Waals surface area contributed by atoms with Crippen molar-refractivity contribution in [3.05, 3.63) is 0 Å². The van der Waals surface area contributed by atoms with Gasteiger partial charge in [0.15, 0.2) is 0 Å². The van der Waals surface area contributed by atoms with Crippen LogP contribution in [0.5, 0.6) is 0 Å². The third-order valence-corrected chi connectivity index (χ3v) is 5.12. The summed E-state index contributed by atoms with van der Waals surface area (Å²) in [4.78, 5) is 24.5. The summed E-state index contributed by atoms with van der Waals surface area (Å²) < 4.78 is 10.7. The zero-order valence-corrected chi connectivity index (χ0v) is 20.0. The lowest BCUT2D eigenvalue weighted by Crippen LogP contribution is -2.46. The smallest absolute Gasteiger partial charge is 0.407 e. The first kappa shape index (κ1) is 27.7. The maximum atomic E-state index is 12.4. The van der Waals surface area contributed by atoms with E-state index in [1.165, 1.54) is 51.4 Å². The summed E-state index contributed by atoms with van der Waals surface area (Å²) in [5.74, 6) is -0.361. The van der Waals surface area contributed by atoms with E-state index < -0.39 is 12.1 Å². The van der Waals surface area contributed by atoms with Crippen LogP contribution in [0.4, 0.5) is 4.79 Å². The minimum atomic E-state index is -0.657. The van der Waals surface area contributed by atoms with Crippen molar-refractivity contribution in [3.8, 4) is 0 Å². The average molecular weight is 414 g/mol. The van der Waals surface area contributed by atoms with Crippen molar-refractivity contribution in [3.63, 3.8) is 0 Å². The SMILES string of the molecule is CCCCCCCCCCCCOC(=O)C(NC(=O)OCC(C)(C)C)C(C)CC. The molecule has 0 radical (unpaired) electrons. The number of nitrogens with one attached hydrogen (secondary N) is 1. The van der Waals surface area contributed by atoms with Gasteiger partial charge in [-0.1, -0.05) is 106 Å². The Morgan fingerprint density at radius 1 is 0.828 bits per heavy atom. The van der Waals surface area contributed by atoms with Crippen LogP contribution < -0.4 is 5.32 Å². The van der Waals surface area contributed by atoms with E-state index in [-0.39, 0.29) is 17.3 Å². The van der Waals surface area contributed by atoms with Gasteiger partial charge in [-0.25, -0.2) is 9.59 Å². The summed E-state index contributed by atoms with van der Waals surface area (Å²) in [6, 6.07) is -0.657. The van der Waals surface area contributed by atoms with E-state index in [2.05, 4.69) is 12.2 Å². The van der Waals surface area contributed by atoms with Gasteiger partial charge < -0.3 is 14.8 Å². The van der Waals surface area contributed by atoms with E-state index in [1.54, 1.807) is 0 Å². The molecule has 5 heteroatoms. The molecular weight excluding hydrogens is 366 g/mol. The molecule has 0 aromatic rings. The number of alkyl carbamates (subject to hydrolysis) is 1. The molecule has 0 aliphatic heterocycles. The molecule has 172 valence electrons. The first-order valence-electron chi connectivity index (χ1n) is 11.8. The number of amides is 1. The van der Waals surface area contributed by atoms with Crippen LogP contribution in [0.15, 0.2) is 0 Å². The predicted molar refractivity (Wildman–Crippen MR) is 120 cm³/mol. The number of hydrogen-bond donors (Lipinski definition) is 1. The molecule has 0 bridgehead atoms. The van der Waals surface area contributed by atoms with Crippen molar-refractivity contribution in [2.45, 2.75) is 118 Å². The number of ether oxygens (including phenoxy) is 2. The van der Waals surface area contributed by atoms with E-state index in [9.17, 15) is 9.59 Å². The lowest BCUT2D eigenvalue weighted by molar-refractivity contribution is -0.147. The molecule has 2 atom stereocenters. The summed E-state index contributed by atoms with van der Waals surface area (Å²) in [6.45, 7) is 12.9. The highest BCUT2D eigenvalue weighted by Gasteiger charge is 2.28. The Morgan fingerprint density at radius 2 is 1.34 bits per heavy atom. The van der Waals surface area contributed by atoms with E-state index in [4.69, 9.17) is 9.47 Å². The standard InChI is InChI=1S/C24H47NO4/c1-7-9-10-11-12-13-14-15-16-17-18-28-22(26)21(20(3)8-2)25-23(27)29-19-24(4,5)6/h20-21H,7-19H2,1-6H3,(H,25,27). The van der Waals surface area contributed by atoms with Crippen LogP contribution in [0.3, 0.4) is 0 Å². The van der Waals surface area contributed by atoms with Gasteiger partial charge >= 0.3 is 12.1 Å². The van der Waals surface area contributed by atoms with Gasteiger partial charge in [0.05, 0.1) is 13.2 Å². The maximum Gasteiger partial charge on any atom is 0.407 e. The molecule has 0 aromatic heterocycles. The highest BCUT2D eigenvalue weighted by molar-refractivity contribution is 5.81. The van der Waals surface area contributed by atoms with Crippen molar-refractivity contribution in [2.75, 3.05) is 13.2 Å². The van der Waals surface area contributed by atoms with E-state index in [1.807, 2.05) is 34.6 Å². The van der Waals surface area contributed by atoms with Gasteiger partial charge in [-0.15, -0.1) is 0 Å². The lowest BCUT2D eigenvalue weighted by Gasteiger charge is -2.24. The second-order valence-corrected chi connectivity index (χ2v) is 9.49. The Bertz CT molecular complexity index is 431. The third-order valence-electron chi connectivity index (χ3n) is 5.12. The molecule has 0 aliphatic carbocycles. The number of esters is 1. The van der Waals surface area contributed by atoms with Crippen LogP contribution in [0.1, 0.15) is 112 Å². The van der Waals surface area contributed by atoms with Crippen molar-refractivity contribution < 1.29 is 19.1 Å². The fraction of sp³-hybridized carbons (Fsp3) is 0.917. The van der Waals surface area contributed by atoms with E-state index in [0.29, 0.717) is 13.2 Å². The third kappa shape index (κ3) is 16.2. The van der Waals surface area contributed by atoms with Gasteiger partial charge in [0.25, 0.3) is 0 Å². The molecule has 1 amide bonds. The number of carbonyl (C=O) groups is 2. The topological polar surface area (TPSA) is 64.6 Å². The van der Waals surface area contributed by atoms with Crippen LogP contribution in [-0.4, -0.2) is 31.3 Å². The number of unbranched alkanes of at least 4 members (excludes halogenated alkanes) is 9. The van der Waals surface area contributed by atoms with Gasteiger partial charge in [0, 0.05) is 0 Å². The number of rotatable bonds is 16. The fourth-order valence-corrected chi connectivity index (χ4v) is 2.97. The highest BCUT2D eigenvalue weighted by Crippen LogP contribution is 2.15. The zero-order valence-electron chi connectivity index (χ0n) is 20.0. The summed E-state index contributed by atoms with van der Waals surface area (Å²) >= 11 is 0. The molecule has 0 aliphatic rings. The molecule has 29 heavy (non-hydrogen) atoms. The Hall–Kier alpha value is -1.26. The molecule has 0 aromatic carbocycles. The van der Waals surface area contributed by atoms with Gasteiger partial charge in [-0.3, -0.25) is 0 Å². The van der Waals surface area contributed by atoms with Crippen molar-refractivity contribution in [1.29, 1.82) is 0 Å². The van der Waals surface area contributed by atoms with E-state index in [0.717, 1.165) is 19.3 Å². The summed E-state index contributed by atoms with van der Waals surface area (Å²) in [7, 11) is 0.